The summed E-state index contributed by atoms with van der Waals surface area (Å²) in [6.45, 7) is 2.04. The summed E-state index contributed by atoms with van der Waals surface area (Å²) in [6.07, 6.45) is 2.68. The summed E-state index contributed by atoms with van der Waals surface area (Å²) >= 11 is 6.06. The zero-order valence-corrected chi connectivity index (χ0v) is 19.8. The fourth-order valence-electron chi connectivity index (χ4n) is 3.50. The molecule has 182 valence electrons. The molecule has 0 fully saturated rings. The van der Waals surface area contributed by atoms with Crippen LogP contribution in [-0.2, 0) is 6.54 Å². The zero-order valence-electron chi connectivity index (χ0n) is 19.0. The maximum atomic E-state index is 12.8. The number of rotatable bonds is 6. The predicted molar refractivity (Wildman–Crippen MR) is 138 cm³/mol. The van der Waals surface area contributed by atoms with Gasteiger partial charge in [-0.05, 0) is 42.3 Å². The molecule has 5 N–H and O–H groups in total. The van der Waals surface area contributed by atoms with Gasteiger partial charge in [0.05, 0.1) is 33.9 Å². The molecule has 0 spiro atoms. The summed E-state index contributed by atoms with van der Waals surface area (Å²) in [5.41, 5.74) is 8.70. The fraction of sp³-hybridized carbons (Fsp3) is 0.0800. The number of hydrogen-bond acceptors (Lipinski definition) is 6. The van der Waals surface area contributed by atoms with E-state index in [0.29, 0.717) is 11.3 Å². The number of benzene rings is 2. The lowest BCUT2D eigenvalue weighted by atomic mass is 10.0. The number of urea groups is 1. The van der Waals surface area contributed by atoms with E-state index in [-0.39, 0.29) is 34.2 Å². The largest absolute Gasteiger partial charge is 0.478 e. The second-order valence-electron chi connectivity index (χ2n) is 7.69. The smallest absolute Gasteiger partial charge is 0.335 e. The highest BCUT2D eigenvalue weighted by molar-refractivity contribution is 6.34. The van der Waals surface area contributed by atoms with Crippen LogP contribution in [0.4, 0.5) is 21.9 Å². The Morgan fingerprint density at radius 2 is 1.75 bits per heavy atom. The van der Waals surface area contributed by atoms with E-state index in [1.165, 1.54) is 35.3 Å². The van der Waals surface area contributed by atoms with Crippen LogP contribution in [-0.4, -0.2) is 31.9 Å². The van der Waals surface area contributed by atoms with Crippen LogP contribution in [0.15, 0.2) is 71.8 Å². The van der Waals surface area contributed by atoms with E-state index in [9.17, 15) is 14.4 Å². The Bertz CT molecular complexity index is 1500. The first-order valence-electron chi connectivity index (χ1n) is 10.8. The van der Waals surface area contributed by atoms with E-state index >= 15 is 0 Å². The Kier molecular flexibility index (Phi) is 6.98. The number of aromatic carboxylic acids is 1. The average molecular weight is 505 g/mol. The molecule has 10 nitrogen and oxygen atoms in total. The quantitative estimate of drug-likeness (QED) is 0.300. The van der Waals surface area contributed by atoms with E-state index in [1.54, 1.807) is 19.1 Å². The van der Waals surface area contributed by atoms with Gasteiger partial charge in [-0.1, -0.05) is 41.9 Å². The number of nitrogens with zero attached hydrogens (tertiary/aromatic N) is 3. The number of aromatic nitrogens is 3. The molecule has 0 aliphatic carbocycles. The molecule has 0 saturated carbocycles. The maximum Gasteiger partial charge on any atom is 0.335 e. The Morgan fingerprint density at radius 3 is 2.42 bits per heavy atom. The second kappa shape index (κ2) is 10.3. The molecule has 2 aromatic heterocycles. The molecule has 4 aromatic rings. The lowest BCUT2D eigenvalue weighted by Gasteiger charge is -2.13. The van der Waals surface area contributed by atoms with Crippen molar-refractivity contribution in [2.75, 3.05) is 16.4 Å². The van der Waals surface area contributed by atoms with E-state index in [1.807, 2.05) is 24.3 Å². The monoisotopic (exact) mass is 504 g/mol. The molecule has 4 rings (SSSR count). The Hall–Kier alpha value is -4.70. The molecule has 36 heavy (non-hydrogen) atoms. The number of carboxylic acids is 1. The number of pyridine rings is 1. The fourth-order valence-corrected chi connectivity index (χ4v) is 3.71. The highest BCUT2D eigenvalue weighted by Crippen LogP contribution is 2.28. The number of carbonyl (C=O) groups excluding carboxylic acids is 1. The first-order chi connectivity index (χ1) is 17.3. The number of hydrogen-bond donors (Lipinski definition) is 4. The lowest BCUT2D eigenvalue weighted by Crippen LogP contribution is -2.30. The Morgan fingerprint density at radius 1 is 1.03 bits per heavy atom. The molecule has 0 aliphatic heterocycles. The molecule has 0 bridgehead atoms. The summed E-state index contributed by atoms with van der Waals surface area (Å²) in [5, 5.41) is 18.8. The SMILES string of the molecule is CCn1nc(-c2cccc(-c3ccc(C(=O)O)cc3)c2)cc(NC(=O)Nc2c(N)cncc2Cl)c1=O. The zero-order chi connectivity index (χ0) is 25.8. The number of carboxylic acid groups (broad SMARTS) is 1. The number of halogens is 1. The minimum absolute atomic E-state index is 0.0133. The van der Waals surface area contributed by atoms with E-state index in [2.05, 4.69) is 20.7 Å². The van der Waals surface area contributed by atoms with Gasteiger partial charge in [0.25, 0.3) is 5.56 Å². The van der Waals surface area contributed by atoms with Crippen molar-refractivity contribution in [1.29, 1.82) is 0 Å². The number of nitrogens with two attached hydrogens (primary N) is 1. The summed E-state index contributed by atoms with van der Waals surface area (Å²) in [6, 6.07) is 14.7. The second-order valence-corrected chi connectivity index (χ2v) is 8.10. The van der Waals surface area contributed by atoms with Crippen molar-refractivity contribution in [2.24, 2.45) is 0 Å². The summed E-state index contributed by atoms with van der Waals surface area (Å²) in [5.74, 6) is -1.00. The number of aryl methyl sites for hydroxylation is 1. The van der Waals surface area contributed by atoms with E-state index < -0.39 is 17.6 Å². The third-order valence-electron chi connectivity index (χ3n) is 5.31. The third kappa shape index (κ3) is 5.18. The average Bonchev–Trinajstić information content (AvgIpc) is 2.87. The highest BCUT2D eigenvalue weighted by atomic mass is 35.5. The molecule has 0 aliphatic rings. The molecule has 11 heteroatoms. The van der Waals surface area contributed by atoms with Gasteiger partial charge < -0.3 is 21.5 Å². The van der Waals surface area contributed by atoms with Crippen LogP contribution in [0, 0.1) is 0 Å². The van der Waals surface area contributed by atoms with Crippen LogP contribution >= 0.6 is 11.6 Å². The maximum absolute atomic E-state index is 12.8. The number of nitrogens with one attached hydrogen (secondary N) is 2. The normalized spacial score (nSPS) is 10.6. The molecule has 0 unspecified atom stereocenters. The van der Waals surface area contributed by atoms with Crippen LogP contribution < -0.4 is 21.9 Å². The van der Waals surface area contributed by atoms with Crippen LogP contribution in [0.25, 0.3) is 22.4 Å². The van der Waals surface area contributed by atoms with Gasteiger partial charge in [0, 0.05) is 18.3 Å². The van der Waals surface area contributed by atoms with Crippen LogP contribution in [0.5, 0.6) is 0 Å². The number of anilines is 3. The minimum atomic E-state index is -1.00. The first-order valence-corrected chi connectivity index (χ1v) is 11.2. The van der Waals surface area contributed by atoms with E-state index in [4.69, 9.17) is 22.4 Å². The van der Waals surface area contributed by atoms with Crippen molar-refractivity contribution in [3.8, 4) is 22.4 Å². The van der Waals surface area contributed by atoms with Gasteiger partial charge >= 0.3 is 12.0 Å². The lowest BCUT2D eigenvalue weighted by molar-refractivity contribution is 0.0697. The number of nitrogen functional groups attached to an aromatic ring is 1. The molecule has 2 amide bonds. The van der Waals surface area contributed by atoms with Gasteiger partial charge in [-0.25, -0.2) is 14.3 Å². The van der Waals surface area contributed by atoms with Gasteiger partial charge in [0.2, 0.25) is 0 Å². The van der Waals surface area contributed by atoms with Crippen molar-refractivity contribution < 1.29 is 14.7 Å². The predicted octanol–water partition coefficient (Wildman–Crippen LogP) is 4.57. The van der Waals surface area contributed by atoms with Crippen LogP contribution in [0.1, 0.15) is 17.3 Å². The van der Waals surface area contributed by atoms with Crippen LogP contribution in [0.2, 0.25) is 5.02 Å². The van der Waals surface area contributed by atoms with Crippen molar-refractivity contribution in [1.82, 2.24) is 14.8 Å². The summed E-state index contributed by atoms with van der Waals surface area (Å²) < 4.78 is 1.24. The number of amides is 2. The Labute approximate surface area is 210 Å². The van der Waals surface area contributed by atoms with Gasteiger partial charge in [0.1, 0.15) is 5.69 Å². The molecule has 2 heterocycles. The van der Waals surface area contributed by atoms with Gasteiger partial charge in [0.15, 0.2) is 0 Å². The van der Waals surface area contributed by atoms with Crippen molar-refractivity contribution in [3.63, 3.8) is 0 Å². The molecule has 0 atom stereocenters. The van der Waals surface area contributed by atoms with Gasteiger partial charge in [-0.2, -0.15) is 5.10 Å². The molecule has 0 radical (unpaired) electrons. The summed E-state index contributed by atoms with van der Waals surface area (Å²) in [7, 11) is 0. The Balaban J connectivity index is 1.66. The summed E-state index contributed by atoms with van der Waals surface area (Å²) in [4.78, 5) is 40.4. The van der Waals surface area contributed by atoms with E-state index in [0.717, 1.165) is 11.1 Å². The van der Waals surface area contributed by atoms with Crippen molar-refractivity contribution in [2.45, 2.75) is 13.5 Å². The molecule has 2 aromatic carbocycles. The van der Waals surface area contributed by atoms with Gasteiger partial charge in [-0.15, -0.1) is 0 Å². The molecular weight excluding hydrogens is 484 g/mol. The van der Waals surface area contributed by atoms with Crippen molar-refractivity contribution in [3.05, 3.63) is 87.9 Å². The highest BCUT2D eigenvalue weighted by Gasteiger charge is 2.15. The minimum Gasteiger partial charge on any atom is -0.478 e. The van der Waals surface area contributed by atoms with Gasteiger partial charge in [-0.3, -0.25) is 9.78 Å². The van der Waals surface area contributed by atoms with Crippen LogP contribution in [0.3, 0.4) is 0 Å². The standard InChI is InChI=1S/C25H21ClN6O4/c1-2-32-23(33)21(29-25(36)30-22-18(26)12-28-13-19(22)27)11-20(31-32)17-5-3-4-16(10-17)14-6-8-15(9-7-14)24(34)35/h3-13H,2,27H2,1H3,(H,34,35)(H2,28,29,30,36). The third-order valence-corrected chi connectivity index (χ3v) is 5.60. The van der Waals surface area contributed by atoms with Crippen molar-refractivity contribution >= 4 is 40.7 Å². The number of carbonyl (C=O) groups is 2. The molecular formula is C25H21ClN6O4. The molecule has 0 saturated heterocycles. The first kappa shape index (κ1) is 24.4. The topological polar surface area (TPSA) is 152 Å².